The van der Waals surface area contributed by atoms with E-state index in [4.69, 9.17) is 4.74 Å². The van der Waals surface area contributed by atoms with Crippen molar-refractivity contribution in [1.29, 1.82) is 0 Å². The number of carbonyl (C=O) groups excluding carboxylic acids is 3. The van der Waals surface area contributed by atoms with Crippen molar-refractivity contribution in [3.05, 3.63) is 89.5 Å². The standard InChI is InChI=1S/C25H25N3O4/c1-16(29)26-21-13-20(14-22(15-21)27-17(2)30)25(31)28-24(18-7-5-4-6-8-18)19-9-11-23(32-3)12-10-19/h4-15,24H,1-3H3,(H,26,29)(H,27,30)(H,28,31). The molecule has 0 saturated carbocycles. The molecule has 0 aliphatic rings. The van der Waals surface area contributed by atoms with Gasteiger partial charge in [-0.2, -0.15) is 0 Å². The van der Waals surface area contributed by atoms with E-state index in [1.807, 2.05) is 54.6 Å². The van der Waals surface area contributed by atoms with E-state index < -0.39 is 6.04 Å². The Balaban J connectivity index is 1.96. The van der Waals surface area contributed by atoms with Crippen LogP contribution in [0.25, 0.3) is 0 Å². The number of rotatable bonds is 7. The second-order valence-corrected chi connectivity index (χ2v) is 7.25. The number of methoxy groups -OCH3 is 1. The molecule has 0 fully saturated rings. The maximum Gasteiger partial charge on any atom is 0.252 e. The maximum atomic E-state index is 13.2. The number of amides is 3. The van der Waals surface area contributed by atoms with Crippen LogP contribution in [0, 0.1) is 0 Å². The van der Waals surface area contributed by atoms with Crippen molar-refractivity contribution in [3.8, 4) is 5.75 Å². The molecule has 3 amide bonds. The van der Waals surface area contributed by atoms with Gasteiger partial charge in [0.2, 0.25) is 11.8 Å². The molecule has 0 saturated heterocycles. The van der Waals surface area contributed by atoms with Crippen molar-refractivity contribution < 1.29 is 19.1 Å². The molecule has 3 rings (SSSR count). The highest BCUT2D eigenvalue weighted by Gasteiger charge is 2.19. The second-order valence-electron chi connectivity index (χ2n) is 7.25. The summed E-state index contributed by atoms with van der Waals surface area (Å²) in [5.74, 6) is -0.197. The lowest BCUT2D eigenvalue weighted by Gasteiger charge is -2.21. The first kappa shape index (κ1) is 22.6. The summed E-state index contributed by atoms with van der Waals surface area (Å²) in [4.78, 5) is 36.3. The van der Waals surface area contributed by atoms with Crippen LogP contribution in [0.3, 0.4) is 0 Å². The van der Waals surface area contributed by atoms with Crippen LogP contribution >= 0.6 is 0 Å². The molecule has 3 aromatic carbocycles. The Morgan fingerprint density at radius 2 is 1.28 bits per heavy atom. The first-order valence-electron chi connectivity index (χ1n) is 10.1. The third-order valence-electron chi connectivity index (χ3n) is 4.69. The highest BCUT2D eigenvalue weighted by Crippen LogP contribution is 2.26. The summed E-state index contributed by atoms with van der Waals surface area (Å²) in [6.07, 6.45) is 0. The highest BCUT2D eigenvalue weighted by atomic mass is 16.5. The Morgan fingerprint density at radius 1 is 0.750 bits per heavy atom. The summed E-state index contributed by atoms with van der Waals surface area (Å²) in [7, 11) is 1.60. The average Bonchev–Trinajstić information content (AvgIpc) is 2.77. The van der Waals surface area contributed by atoms with E-state index >= 15 is 0 Å². The Bertz CT molecular complexity index is 1080. The van der Waals surface area contributed by atoms with Gasteiger partial charge in [0.25, 0.3) is 5.91 Å². The van der Waals surface area contributed by atoms with E-state index in [1.54, 1.807) is 25.3 Å². The number of benzene rings is 3. The van der Waals surface area contributed by atoms with Gasteiger partial charge in [0.1, 0.15) is 5.75 Å². The Morgan fingerprint density at radius 3 is 1.78 bits per heavy atom. The van der Waals surface area contributed by atoms with Crippen LogP contribution in [0.5, 0.6) is 5.75 Å². The fraction of sp³-hybridized carbons (Fsp3) is 0.160. The molecule has 0 radical (unpaired) electrons. The maximum absolute atomic E-state index is 13.2. The molecule has 7 heteroatoms. The molecule has 164 valence electrons. The first-order valence-corrected chi connectivity index (χ1v) is 10.1. The molecule has 3 aromatic rings. The van der Waals surface area contributed by atoms with Gasteiger partial charge in [0.05, 0.1) is 13.2 Å². The number of nitrogens with one attached hydrogen (secondary N) is 3. The molecule has 0 bridgehead atoms. The Labute approximate surface area is 186 Å². The molecule has 32 heavy (non-hydrogen) atoms. The zero-order valence-electron chi connectivity index (χ0n) is 18.1. The molecule has 1 atom stereocenters. The van der Waals surface area contributed by atoms with Crippen molar-refractivity contribution in [2.75, 3.05) is 17.7 Å². The van der Waals surface area contributed by atoms with E-state index in [-0.39, 0.29) is 17.7 Å². The summed E-state index contributed by atoms with van der Waals surface area (Å²) in [5, 5.41) is 8.38. The van der Waals surface area contributed by atoms with Gasteiger partial charge < -0.3 is 20.7 Å². The number of carbonyl (C=O) groups is 3. The monoisotopic (exact) mass is 431 g/mol. The van der Waals surface area contributed by atoms with Gasteiger partial charge in [-0.25, -0.2) is 0 Å². The van der Waals surface area contributed by atoms with Gasteiger partial charge in [-0.3, -0.25) is 14.4 Å². The minimum atomic E-state index is -0.414. The van der Waals surface area contributed by atoms with Crippen molar-refractivity contribution >= 4 is 29.1 Å². The molecule has 1 unspecified atom stereocenters. The highest BCUT2D eigenvalue weighted by molar-refractivity contribution is 6.00. The average molecular weight is 431 g/mol. The largest absolute Gasteiger partial charge is 0.497 e. The summed E-state index contributed by atoms with van der Waals surface area (Å²) in [6, 6.07) is 21.4. The van der Waals surface area contributed by atoms with Crippen LogP contribution in [0.1, 0.15) is 41.4 Å². The SMILES string of the molecule is COc1ccc(C(NC(=O)c2cc(NC(C)=O)cc(NC(C)=O)c2)c2ccccc2)cc1. The third-order valence-corrected chi connectivity index (χ3v) is 4.69. The summed E-state index contributed by atoms with van der Waals surface area (Å²) in [6.45, 7) is 2.75. The zero-order valence-corrected chi connectivity index (χ0v) is 18.1. The van der Waals surface area contributed by atoms with Crippen molar-refractivity contribution in [2.45, 2.75) is 19.9 Å². The molecule has 7 nitrogen and oxygen atoms in total. The topological polar surface area (TPSA) is 96.5 Å². The van der Waals surface area contributed by atoms with Crippen molar-refractivity contribution in [1.82, 2.24) is 5.32 Å². The van der Waals surface area contributed by atoms with Gasteiger partial charge in [-0.05, 0) is 41.5 Å². The molecule has 0 aromatic heterocycles. The van der Waals surface area contributed by atoms with Crippen molar-refractivity contribution in [2.24, 2.45) is 0 Å². The lowest BCUT2D eigenvalue weighted by molar-refractivity contribution is -0.115. The van der Waals surface area contributed by atoms with Gasteiger partial charge in [0.15, 0.2) is 0 Å². The molecule has 0 spiro atoms. The lowest BCUT2D eigenvalue weighted by atomic mass is 9.98. The minimum Gasteiger partial charge on any atom is -0.497 e. The minimum absolute atomic E-state index is 0.281. The van der Waals surface area contributed by atoms with Gasteiger partial charge in [-0.15, -0.1) is 0 Å². The fourth-order valence-corrected chi connectivity index (χ4v) is 3.32. The van der Waals surface area contributed by atoms with Crippen LogP contribution < -0.4 is 20.7 Å². The summed E-state index contributed by atoms with van der Waals surface area (Å²) in [5.41, 5.74) is 2.91. The summed E-state index contributed by atoms with van der Waals surface area (Å²) < 4.78 is 5.24. The van der Waals surface area contributed by atoms with E-state index in [1.165, 1.54) is 13.8 Å². The van der Waals surface area contributed by atoms with Gasteiger partial charge in [0, 0.05) is 30.8 Å². The van der Waals surface area contributed by atoms with Gasteiger partial charge >= 0.3 is 0 Å². The number of ether oxygens (including phenoxy) is 1. The van der Waals surface area contributed by atoms with E-state index in [2.05, 4.69) is 16.0 Å². The van der Waals surface area contributed by atoms with Crippen LogP contribution in [-0.2, 0) is 9.59 Å². The normalized spacial score (nSPS) is 11.2. The summed E-state index contributed by atoms with van der Waals surface area (Å²) >= 11 is 0. The van der Waals surface area contributed by atoms with Crippen LogP contribution in [-0.4, -0.2) is 24.8 Å². The number of hydrogen-bond acceptors (Lipinski definition) is 4. The Hall–Kier alpha value is -4.13. The molecule has 3 N–H and O–H groups in total. The zero-order chi connectivity index (χ0) is 23.1. The third kappa shape index (κ3) is 5.95. The number of hydrogen-bond donors (Lipinski definition) is 3. The van der Waals surface area contributed by atoms with Gasteiger partial charge in [-0.1, -0.05) is 42.5 Å². The lowest BCUT2D eigenvalue weighted by Crippen LogP contribution is -2.29. The smallest absolute Gasteiger partial charge is 0.252 e. The second kappa shape index (κ2) is 10.3. The first-order chi connectivity index (χ1) is 15.4. The molecule has 0 aliphatic heterocycles. The fourth-order valence-electron chi connectivity index (χ4n) is 3.32. The Kier molecular flexibility index (Phi) is 7.23. The molecular weight excluding hydrogens is 406 g/mol. The predicted molar refractivity (Wildman–Crippen MR) is 124 cm³/mol. The number of anilines is 2. The van der Waals surface area contributed by atoms with E-state index in [0.29, 0.717) is 16.9 Å². The molecule has 0 heterocycles. The van der Waals surface area contributed by atoms with Crippen LogP contribution in [0.15, 0.2) is 72.8 Å². The van der Waals surface area contributed by atoms with Crippen molar-refractivity contribution in [3.63, 3.8) is 0 Å². The van der Waals surface area contributed by atoms with Crippen LogP contribution in [0.4, 0.5) is 11.4 Å². The quantitative estimate of drug-likeness (QED) is 0.524. The molecular formula is C25H25N3O4. The van der Waals surface area contributed by atoms with E-state index in [9.17, 15) is 14.4 Å². The molecule has 0 aliphatic carbocycles. The predicted octanol–water partition coefficient (Wildman–Crippen LogP) is 4.13. The van der Waals surface area contributed by atoms with E-state index in [0.717, 1.165) is 16.9 Å². The van der Waals surface area contributed by atoms with Crippen LogP contribution in [0.2, 0.25) is 0 Å².